The lowest BCUT2D eigenvalue weighted by molar-refractivity contribution is -0.127. The Morgan fingerprint density at radius 3 is 2.62 bits per heavy atom. The van der Waals surface area contributed by atoms with Crippen molar-refractivity contribution in [2.75, 3.05) is 20.2 Å². The van der Waals surface area contributed by atoms with Crippen molar-refractivity contribution in [3.8, 4) is 5.75 Å². The fourth-order valence-corrected chi connectivity index (χ4v) is 2.41. The molecule has 1 aliphatic heterocycles. The van der Waals surface area contributed by atoms with Gasteiger partial charge in [0.25, 0.3) is 0 Å². The molecule has 0 aliphatic carbocycles. The van der Waals surface area contributed by atoms with Gasteiger partial charge in [0, 0.05) is 5.92 Å². The van der Waals surface area contributed by atoms with Crippen LogP contribution in [-0.2, 0) is 4.79 Å². The van der Waals surface area contributed by atoms with E-state index >= 15 is 0 Å². The van der Waals surface area contributed by atoms with Crippen LogP contribution < -0.4 is 15.4 Å². The Morgan fingerprint density at radius 2 is 2.10 bits per heavy atom. The Balaban J connectivity index is 0.00000220. The van der Waals surface area contributed by atoms with Crippen LogP contribution in [-0.4, -0.2) is 26.1 Å². The van der Waals surface area contributed by atoms with E-state index in [2.05, 4.69) is 10.6 Å². The van der Waals surface area contributed by atoms with Gasteiger partial charge >= 0.3 is 0 Å². The van der Waals surface area contributed by atoms with E-state index in [0.717, 1.165) is 13.1 Å². The Hall–Kier alpha value is -1.33. The van der Waals surface area contributed by atoms with Gasteiger partial charge in [-0.3, -0.25) is 4.79 Å². The lowest BCUT2D eigenvalue weighted by Gasteiger charge is -2.32. The van der Waals surface area contributed by atoms with Crippen molar-refractivity contribution in [1.82, 2.24) is 10.6 Å². The van der Waals surface area contributed by atoms with E-state index in [-0.39, 0.29) is 30.0 Å². The molecular formula is C15H22ClFN2O2. The molecule has 0 spiro atoms. The molecule has 0 bridgehead atoms. The molecule has 6 heteroatoms. The van der Waals surface area contributed by atoms with Gasteiger partial charge in [-0.15, -0.1) is 12.4 Å². The van der Waals surface area contributed by atoms with Crippen molar-refractivity contribution in [1.29, 1.82) is 0 Å². The summed E-state index contributed by atoms with van der Waals surface area (Å²) in [5.41, 5.74) is 0.391. The quantitative estimate of drug-likeness (QED) is 0.876. The predicted molar refractivity (Wildman–Crippen MR) is 82.3 cm³/mol. The third-order valence-electron chi connectivity index (χ3n) is 3.96. The van der Waals surface area contributed by atoms with Crippen molar-refractivity contribution in [2.24, 2.45) is 11.8 Å². The number of halogens is 2. The Kier molecular flexibility index (Phi) is 6.42. The van der Waals surface area contributed by atoms with Crippen molar-refractivity contribution < 1.29 is 13.9 Å². The first kappa shape index (κ1) is 17.7. The summed E-state index contributed by atoms with van der Waals surface area (Å²) < 4.78 is 19.1. The molecule has 4 nitrogen and oxygen atoms in total. The molecule has 0 saturated carbocycles. The summed E-state index contributed by atoms with van der Waals surface area (Å²) in [6.45, 7) is 5.41. The van der Waals surface area contributed by atoms with Crippen LogP contribution in [0, 0.1) is 17.7 Å². The average molecular weight is 317 g/mol. The van der Waals surface area contributed by atoms with Gasteiger partial charge in [-0.2, -0.15) is 0 Å². The Morgan fingerprint density at radius 1 is 1.43 bits per heavy atom. The molecule has 2 rings (SSSR count). The van der Waals surface area contributed by atoms with Crippen LogP contribution in [0.3, 0.4) is 0 Å². The zero-order valence-corrected chi connectivity index (χ0v) is 13.3. The molecule has 1 aromatic carbocycles. The number of hydrogen-bond acceptors (Lipinski definition) is 3. The smallest absolute Gasteiger partial charge is 0.223 e. The number of carbonyl (C=O) groups excluding carboxylic acids is 1. The summed E-state index contributed by atoms with van der Waals surface area (Å²) in [4.78, 5) is 12.2. The van der Waals surface area contributed by atoms with Crippen LogP contribution in [0.25, 0.3) is 0 Å². The zero-order chi connectivity index (χ0) is 14.7. The molecule has 1 amide bonds. The summed E-state index contributed by atoms with van der Waals surface area (Å²) in [6.07, 6.45) is 0. The fourth-order valence-electron chi connectivity index (χ4n) is 2.41. The second-order valence-electron chi connectivity index (χ2n) is 5.29. The molecule has 0 aromatic heterocycles. The summed E-state index contributed by atoms with van der Waals surface area (Å²) in [5, 5.41) is 6.02. The van der Waals surface area contributed by atoms with E-state index in [4.69, 9.17) is 4.74 Å². The van der Waals surface area contributed by atoms with E-state index in [9.17, 15) is 9.18 Å². The lowest BCUT2D eigenvalue weighted by atomic mass is 9.88. The first-order valence-electron chi connectivity index (χ1n) is 6.88. The minimum Gasteiger partial charge on any atom is -0.496 e. The normalized spacial score (nSPS) is 17.1. The fraction of sp³-hybridized carbons (Fsp3) is 0.533. The maximum absolute atomic E-state index is 13.9. The van der Waals surface area contributed by atoms with Gasteiger partial charge in [-0.05, 0) is 38.1 Å². The molecule has 21 heavy (non-hydrogen) atoms. The van der Waals surface area contributed by atoms with Crippen molar-refractivity contribution in [3.05, 3.63) is 29.6 Å². The Bertz CT molecular complexity index is 495. The maximum atomic E-state index is 13.9. The van der Waals surface area contributed by atoms with E-state index < -0.39 is 6.04 Å². The number of amides is 1. The van der Waals surface area contributed by atoms with Crippen LogP contribution >= 0.6 is 12.4 Å². The first-order valence-corrected chi connectivity index (χ1v) is 6.88. The minimum absolute atomic E-state index is 0. The van der Waals surface area contributed by atoms with Crippen LogP contribution in [0.5, 0.6) is 5.75 Å². The second-order valence-corrected chi connectivity index (χ2v) is 5.29. The van der Waals surface area contributed by atoms with E-state index in [1.54, 1.807) is 19.1 Å². The first-order chi connectivity index (χ1) is 9.54. The predicted octanol–water partition coefficient (Wildman–Crippen LogP) is 2.29. The molecule has 2 N–H and O–H groups in total. The SMILES string of the molecule is COc1cccc(F)c1C(C)NC(=O)C(C)C1CNC1.Cl. The third kappa shape index (κ3) is 3.86. The number of ether oxygens (including phenoxy) is 1. The zero-order valence-electron chi connectivity index (χ0n) is 12.5. The van der Waals surface area contributed by atoms with Gasteiger partial charge in [-0.25, -0.2) is 4.39 Å². The molecule has 1 aliphatic rings. The number of benzene rings is 1. The number of methoxy groups -OCH3 is 1. The molecule has 2 atom stereocenters. The molecule has 0 radical (unpaired) electrons. The summed E-state index contributed by atoms with van der Waals surface area (Å²) in [6, 6.07) is 4.24. The number of rotatable bonds is 5. The minimum atomic E-state index is -0.422. The summed E-state index contributed by atoms with van der Waals surface area (Å²) in [5.74, 6) is 0.335. The summed E-state index contributed by atoms with van der Waals surface area (Å²) in [7, 11) is 1.50. The molecule has 1 saturated heterocycles. The van der Waals surface area contributed by atoms with Gasteiger partial charge in [0.2, 0.25) is 5.91 Å². The highest BCUT2D eigenvalue weighted by molar-refractivity contribution is 5.85. The van der Waals surface area contributed by atoms with Crippen LogP contribution in [0.4, 0.5) is 4.39 Å². The van der Waals surface area contributed by atoms with E-state index in [0.29, 0.717) is 17.2 Å². The lowest BCUT2D eigenvalue weighted by Crippen LogP contribution is -2.49. The molecule has 2 unspecified atom stereocenters. The Labute approximate surface area is 130 Å². The van der Waals surface area contributed by atoms with Gasteiger partial charge in [-0.1, -0.05) is 13.0 Å². The van der Waals surface area contributed by atoms with Crippen LogP contribution in [0.1, 0.15) is 25.5 Å². The molecule has 1 aromatic rings. The van der Waals surface area contributed by atoms with Gasteiger partial charge < -0.3 is 15.4 Å². The van der Waals surface area contributed by atoms with Gasteiger partial charge in [0.05, 0.1) is 18.7 Å². The molecule has 1 heterocycles. The van der Waals surface area contributed by atoms with Gasteiger partial charge in [0.15, 0.2) is 0 Å². The van der Waals surface area contributed by atoms with E-state index in [1.165, 1.54) is 13.2 Å². The monoisotopic (exact) mass is 316 g/mol. The second kappa shape index (κ2) is 7.61. The highest BCUT2D eigenvalue weighted by Gasteiger charge is 2.30. The summed E-state index contributed by atoms with van der Waals surface area (Å²) >= 11 is 0. The van der Waals surface area contributed by atoms with Crippen LogP contribution in [0.15, 0.2) is 18.2 Å². The third-order valence-corrected chi connectivity index (χ3v) is 3.96. The van der Waals surface area contributed by atoms with Crippen LogP contribution in [0.2, 0.25) is 0 Å². The molecule has 118 valence electrons. The van der Waals surface area contributed by atoms with Crippen molar-refractivity contribution >= 4 is 18.3 Å². The highest BCUT2D eigenvalue weighted by atomic mass is 35.5. The highest BCUT2D eigenvalue weighted by Crippen LogP contribution is 2.28. The average Bonchev–Trinajstić information content (AvgIpc) is 2.35. The number of nitrogens with one attached hydrogen (secondary N) is 2. The topological polar surface area (TPSA) is 50.4 Å². The van der Waals surface area contributed by atoms with Crippen molar-refractivity contribution in [3.63, 3.8) is 0 Å². The number of carbonyl (C=O) groups is 1. The largest absolute Gasteiger partial charge is 0.496 e. The van der Waals surface area contributed by atoms with E-state index in [1.807, 2.05) is 6.92 Å². The molecular weight excluding hydrogens is 295 g/mol. The maximum Gasteiger partial charge on any atom is 0.223 e. The number of hydrogen-bond donors (Lipinski definition) is 2. The molecule has 1 fully saturated rings. The van der Waals surface area contributed by atoms with Gasteiger partial charge in [0.1, 0.15) is 11.6 Å². The standard InChI is InChI=1S/C15H21FN2O2.ClH/c1-9(11-7-17-8-11)15(19)18-10(2)14-12(16)5-4-6-13(14)20-3;/h4-6,9-11,17H,7-8H2,1-3H3,(H,18,19);1H. The van der Waals surface area contributed by atoms with Crippen molar-refractivity contribution in [2.45, 2.75) is 19.9 Å².